The van der Waals surface area contributed by atoms with Crippen LogP contribution >= 0.6 is 11.3 Å². The molecule has 2 N–H and O–H groups in total. The number of para-hydroxylation sites is 1. The van der Waals surface area contributed by atoms with Crippen molar-refractivity contribution in [3.63, 3.8) is 0 Å². The van der Waals surface area contributed by atoms with Gasteiger partial charge in [-0.15, -0.1) is 6.42 Å². The third kappa shape index (κ3) is 4.28. The molecule has 1 aromatic heterocycles. The number of sulfonamides is 1. The van der Waals surface area contributed by atoms with E-state index in [0.717, 1.165) is 11.3 Å². The number of amides is 1. The number of aromatic nitrogens is 1. The number of carbonyl (C=O) groups is 1. The summed E-state index contributed by atoms with van der Waals surface area (Å²) in [5.74, 6) is 1.17. The predicted molar refractivity (Wildman–Crippen MR) is 102 cm³/mol. The zero-order valence-corrected chi connectivity index (χ0v) is 16.0. The van der Waals surface area contributed by atoms with E-state index in [-0.39, 0.29) is 22.0 Å². The molecule has 10 heteroatoms. The maximum absolute atomic E-state index is 13.6. The van der Waals surface area contributed by atoms with Gasteiger partial charge < -0.3 is 9.30 Å². The van der Waals surface area contributed by atoms with E-state index in [0.29, 0.717) is 10.2 Å². The number of hydrogen-bond acceptors (Lipinski definition) is 5. The highest BCUT2D eigenvalue weighted by Crippen LogP contribution is 2.21. The van der Waals surface area contributed by atoms with E-state index < -0.39 is 28.4 Å². The van der Waals surface area contributed by atoms with Crippen LogP contribution in [0.3, 0.4) is 0 Å². The quantitative estimate of drug-likeness (QED) is 0.635. The van der Waals surface area contributed by atoms with Gasteiger partial charge in [0.15, 0.2) is 23.0 Å². The van der Waals surface area contributed by atoms with Crippen molar-refractivity contribution in [1.29, 1.82) is 0 Å². The van der Waals surface area contributed by atoms with Gasteiger partial charge in [0.2, 0.25) is 10.0 Å². The van der Waals surface area contributed by atoms with E-state index in [2.05, 4.69) is 10.9 Å². The van der Waals surface area contributed by atoms with Crippen LogP contribution in [0.4, 0.5) is 4.39 Å². The zero-order chi connectivity index (χ0) is 20.3. The lowest BCUT2D eigenvalue weighted by atomic mass is 10.3. The molecule has 0 saturated carbocycles. The van der Waals surface area contributed by atoms with Gasteiger partial charge in [-0.1, -0.05) is 29.4 Å². The Balaban J connectivity index is 1.96. The van der Waals surface area contributed by atoms with Gasteiger partial charge in [0.05, 0.1) is 21.7 Å². The van der Waals surface area contributed by atoms with Crippen LogP contribution in [-0.4, -0.2) is 25.5 Å². The van der Waals surface area contributed by atoms with Gasteiger partial charge in [-0.05, 0) is 30.3 Å². The van der Waals surface area contributed by atoms with Crippen molar-refractivity contribution in [2.45, 2.75) is 11.4 Å². The molecule has 0 bridgehead atoms. The first kappa shape index (κ1) is 19.8. The fourth-order valence-corrected chi connectivity index (χ4v) is 4.10. The number of terminal acetylenes is 1. The predicted octanol–water partition coefficient (Wildman–Crippen LogP) is 1.63. The number of thiazole rings is 1. The molecule has 3 aromatic rings. The van der Waals surface area contributed by atoms with Crippen molar-refractivity contribution in [2.75, 3.05) is 6.61 Å². The molecule has 0 radical (unpaired) electrons. The number of fused-ring (bicyclic) bond motifs is 1. The van der Waals surface area contributed by atoms with E-state index >= 15 is 0 Å². The number of nitrogens with zero attached hydrogens (tertiary/aromatic N) is 2. The average Bonchev–Trinajstić information content (AvgIpc) is 2.97. The summed E-state index contributed by atoms with van der Waals surface area (Å²) in [7, 11) is -3.87. The maximum atomic E-state index is 13.6. The molecule has 1 heterocycles. The first-order chi connectivity index (χ1) is 13.3. The fraction of sp³-hybridized carbons (Fsp3) is 0.111. The van der Waals surface area contributed by atoms with Gasteiger partial charge in [0.1, 0.15) is 0 Å². The summed E-state index contributed by atoms with van der Waals surface area (Å²) in [5.41, 5.74) is 0.608. The lowest BCUT2D eigenvalue weighted by Crippen LogP contribution is -2.19. The highest BCUT2D eigenvalue weighted by molar-refractivity contribution is 7.89. The smallest absolute Gasteiger partial charge is 0.286 e. The van der Waals surface area contributed by atoms with Gasteiger partial charge in [0, 0.05) is 0 Å². The number of ether oxygens (including phenoxy) is 1. The Bertz CT molecular complexity index is 1270. The van der Waals surface area contributed by atoms with Crippen LogP contribution in [0.2, 0.25) is 0 Å². The molecule has 28 heavy (non-hydrogen) atoms. The van der Waals surface area contributed by atoms with Crippen molar-refractivity contribution in [3.05, 3.63) is 53.1 Å². The first-order valence-electron chi connectivity index (χ1n) is 7.84. The van der Waals surface area contributed by atoms with Crippen molar-refractivity contribution >= 4 is 37.5 Å². The largest absolute Gasteiger partial charge is 0.481 e. The normalized spacial score (nSPS) is 12.1. The van der Waals surface area contributed by atoms with Crippen LogP contribution < -0.4 is 14.7 Å². The summed E-state index contributed by atoms with van der Waals surface area (Å²) in [5, 5.41) is 5.15. The minimum absolute atomic E-state index is 0.0586. The van der Waals surface area contributed by atoms with Gasteiger partial charge in [0.25, 0.3) is 5.91 Å². The Morgan fingerprint density at radius 3 is 2.75 bits per heavy atom. The summed E-state index contributed by atoms with van der Waals surface area (Å²) in [6.07, 6.45) is 5.39. The SMILES string of the molecule is C#CCn1c(=NC(=O)COc2ccccc2F)sc2cc(S(N)(=O)=O)ccc21. The van der Waals surface area contributed by atoms with Gasteiger partial charge in [-0.2, -0.15) is 4.99 Å². The summed E-state index contributed by atoms with van der Waals surface area (Å²) < 4.78 is 43.9. The molecular formula is C18H14FN3O4S2. The Morgan fingerprint density at radius 2 is 2.07 bits per heavy atom. The molecule has 0 spiro atoms. The standard InChI is InChI=1S/C18H14FN3O4S2/c1-2-9-22-14-8-7-12(28(20,24)25)10-16(14)27-18(22)21-17(23)11-26-15-6-4-3-5-13(15)19/h1,3-8,10H,9,11H2,(H2,20,24,25). The third-order valence-electron chi connectivity index (χ3n) is 3.64. The molecule has 0 atom stereocenters. The second-order valence-corrected chi connectivity index (χ2v) is 8.14. The zero-order valence-electron chi connectivity index (χ0n) is 14.3. The van der Waals surface area contributed by atoms with Crippen LogP contribution in [0.5, 0.6) is 5.75 Å². The number of benzene rings is 2. The molecule has 144 valence electrons. The number of primary sulfonamides is 1. The number of nitrogens with two attached hydrogens (primary N) is 1. The van der Waals surface area contributed by atoms with Gasteiger partial charge >= 0.3 is 0 Å². The maximum Gasteiger partial charge on any atom is 0.286 e. The molecule has 7 nitrogen and oxygen atoms in total. The van der Waals surface area contributed by atoms with E-state index in [1.807, 2.05) is 0 Å². The van der Waals surface area contributed by atoms with Crippen LogP contribution in [0.1, 0.15) is 0 Å². The molecule has 0 aliphatic carbocycles. The lowest BCUT2D eigenvalue weighted by Gasteiger charge is -2.04. The lowest BCUT2D eigenvalue weighted by molar-refractivity contribution is -0.120. The van der Waals surface area contributed by atoms with E-state index in [4.69, 9.17) is 16.3 Å². The second kappa shape index (κ2) is 7.93. The molecule has 2 aromatic carbocycles. The molecular weight excluding hydrogens is 405 g/mol. The summed E-state index contributed by atoms with van der Waals surface area (Å²) in [6, 6.07) is 9.98. The Kier molecular flexibility index (Phi) is 5.60. The molecule has 0 fully saturated rings. The first-order valence-corrected chi connectivity index (χ1v) is 10.2. The van der Waals surface area contributed by atoms with E-state index in [9.17, 15) is 17.6 Å². The second-order valence-electron chi connectivity index (χ2n) is 5.57. The van der Waals surface area contributed by atoms with E-state index in [1.54, 1.807) is 16.7 Å². The van der Waals surface area contributed by atoms with Crippen molar-refractivity contribution in [1.82, 2.24) is 4.57 Å². The number of hydrogen-bond donors (Lipinski definition) is 1. The van der Waals surface area contributed by atoms with Crippen molar-refractivity contribution < 1.29 is 22.3 Å². The highest BCUT2D eigenvalue weighted by Gasteiger charge is 2.13. The Labute approximate surface area is 164 Å². The fourth-order valence-electron chi connectivity index (χ4n) is 2.40. The van der Waals surface area contributed by atoms with Crippen molar-refractivity contribution in [2.24, 2.45) is 10.1 Å². The highest BCUT2D eigenvalue weighted by atomic mass is 32.2. The van der Waals surface area contributed by atoms with E-state index in [1.165, 1.54) is 30.3 Å². The topological polar surface area (TPSA) is 104 Å². The molecule has 3 rings (SSSR count). The van der Waals surface area contributed by atoms with Crippen LogP contribution in [0.25, 0.3) is 10.2 Å². The summed E-state index contributed by atoms with van der Waals surface area (Å²) in [6.45, 7) is -0.345. The minimum atomic E-state index is -3.87. The van der Waals surface area contributed by atoms with Crippen molar-refractivity contribution in [3.8, 4) is 18.1 Å². The van der Waals surface area contributed by atoms with Crippen LogP contribution in [0, 0.1) is 18.2 Å². The number of halogens is 1. The Hall–Kier alpha value is -3.00. The molecule has 0 aliphatic heterocycles. The number of carbonyl (C=O) groups excluding carboxylic acids is 1. The molecule has 0 aliphatic rings. The minimum Gasteiger partial charge on any atom is -0.481 e. The van der Waals surface area contributed by atoms with Crippen LogP contribution in [-0.2, 0) is 21.4 Å². The number of rotatable bonds is 5. The Morgan fingerprint density at radius 1 is 1.32 bits per heavy atom. The van der Waals surface area contributed by atoms with Gasteiger partial charge in [-0.3, -0.25) is 4.79 Å². The molecule has 1 amide bonds. The summed E-state index contributed by atoms with van der Waals surface area (Å²) in [4.78, 5) is 16.3. The van der Waals surface area contributed by atoms with Gasteiger partial charge in [-0.25, -0.2) is 17.9 Å². The molecule has 0 saturated heterocycles. The van der Waals surface area contributed by atoms with Crippen LogP contribution in [0.15, 0.2) is 52.4 Å². The monoisotopic (exact) mass is 419 g/mol. The molecule has 0 unspecified atom stereocenters. The third-order valence-corrected chi connectivity index (χ3v) is 5.59. The average molecular weight is 419 g/mol. The summed E-state index contributed by atoms with van der Waals surface area (Å²) >= 11 is 1.08.